The number of hydrogen-bond donors (Lipinski definition) is 0. The van der Waals surface area contributed by atoms with Gasteiger partial charge in [-0.05, 0) is 6.92 Å². The van der Waals surface area contributed by atoms with Crippen molar-refractivity contribution in [2.75, 3.05) is 0 Å². The number of benzene rings is 1. The molecule has 0 saturated carbocycles. The van der Waals surface area contributed by atoms with Crippen molar-refractivity contribution < 1.29 is 27.2 Å². The van der Waals surface area contributed by atoms with Gasteiger partial charge >= 0.3 is 0 Å². The number of carbonyl (C=O) groups excluding carboxylic acids is 2. The lowest BCUT2D eigenvalue weighted by Gasteiger charge is -2.33. The van der Waals surface area contributed by atoms with Gasteiger partial charge in [-0.1, -0.05) is 0 Å². The van der Waals surface area contributed by atoms with Crippen LogP contribution in [0.25, 0.3) is 9.69 Å². The minimum absolute atomic E-state index is 0.523. The molecule has 0 spiro atoms. The maximum absolute atomic E-state index is 14.6. The molecule has 0 N–H and O–H groups in total. The molecule has 2 atom stereocenters. The molecule has 132 valence electrons. The van der Waals surface area contributed by atoms with Crippen molar-refractivity contribution in [3.05, 3.63) is 68.4 Å². The molecule has 2 unspecified atom stereocenters. The van der Waals surface area contributed by atoms with Crippen LogP contribution in [0.5, 0.6) is 0 Å². The Labute approximate surface area is 149 Å². The molecule has 27 heavy (non-hydrogen) atoms. The highest BCUT2D eigenvalue weighted by molar-refractivity contribution is 6.19. The van der Waals surface area contributed by atoms with Crippen LogP contribution in [0.4, 0.5) is 28.9 Å². The fourth-order valence-corrected chi connectivity index (χ4v) is 3.29. The number of halogens is 4. The first kappa shape index (κ1) is 18.0. The Morgan fingerprint density at radius 3 is 1.67 bits per heavy atom. The van der Waals surface area contributed by atoms with E-state index in [0.717, 1.165) is 6.92 Å². The number of nitrogens with zero attached hydrogens (tertiary/aromatic N) is 3. The van der Waals surface area contributed by atoms with E-state index in [1.165, 1.54) is 6.07 Å². The molecule has 2 aliphatic carbocycles. The largest absolute Gasteiger partial charge is 0.293 e. The fourth-order valence-electron chi connectivity index (χ4n) is 3.29. The van der Waals surface area contributed by atoms with Gasteiger partial charge in [0.05, 0.1) is 41.7 Å². The van der Waals surface area contributed by atoms with E-state index < -0.39 is 80.3 Å². The lowest BCUT2D eigenvalue weighted by atomic mass is 9.68. The van der Waals surface area contributed by atoms with Gasteiger partial charge in [-0.15, -0.1) is 0 Å². The summed E-state index contributed by atoms with van der Waals surface area (Å²) in [5.74, 6) is -13.2. The van der Waals surface area contributed by atoms with Crippen LogP contribution in [0.3, 0.4) is 0 Å². The fraction of sp³-hybridized carbons (Fsp3) is 0.167. The Morgan fingerprint density at radius 1 is 0.889 bits per heavy atom. The van der Waals surface area contributed by atoms with Crippen LogP contribution >= 0.6 is 0 Å². The second-order valence-corrected chi connectivity index (χ2v) is 5.79. The molecular weight excluding hydrogens is 366 g/mol. The highest BCUT2D eigenvalue weighted by Crippen LogP contribution is 2.50. The van der Waals surface area contributed by atoms with Crippen molar-refractivity contribution in [2.24, 2.45) is 11.8 Å². The smallest absolute Gasteiger partial charge is 0.233 e. The number of rotatable bonds is 0. The van der Waals surface area contributed by atoms with Gasteiger partial charge in [0, 0.05) is 5.57 Å². The molecular formula is C18H5F4N3O2. The van der Waals surface area contributed by atoms with E-state index in [1.807, 2.05) is 0 Å². The van der Waals surface area contributed by atoms with Crippen molar-refractivity contribution in [2.45, 2.75) is 6.92 Å². The molecule has 0 fully saturated rings. The van der Waals surface area contributed by atoms with Crippen LogP contribution in [-0.2, 0) is 0 Å². The summed E-state index contributed by atoms with van der Waals surface area (Å²) in [5, 5.41) is 8.98. The number of allylic oxidation sites excluding steroid dienone is 4. The molecule has 0 radical (unpaired) electrons. The summed E-state index contributed by atoms with van der Waals surface area (Å²) in [6.07, 6.45) is 0. The van der Waals surface area contributed by atoms with E-state index in [4.69, 9.17) is 18.4 Å². The molecule has 0 saturated heterocycles. The molecule has 0 amide bonds. The van der Waals surface area contributed by atoms with Gasteiger partial charge in [0.15, 0.2) is 11.6 Å². The molecule has 5 nitrogen and oxygen atoms in total. The normalized spacial score (nSPS) is 21.3. The average molecular weight is 371 g/mol. The summed E-state index contributed by atoms with van der Waals surface area (Å²) >= 11 is 0. The van der Waals surface area contributed by atoms with Crippen LogP contribution in [0.15, 0.2) is 22.8 Å². The number of ketones is 2. The lowest BCUT2D eigenvalue weighted by Crippen LogP contribution is -2.41. The summed E-state index contributed by atoms with van der Waals surface area (Å²) < 4.78 is 58.5. The second kappa shape index (κ2) is 5.89. The van der Waals surface area contributed by atoms with Gasteiger partial charge < -0.3 is 0 Å². The number of Topliss-reactive ketones (excluding diaryl/α,β-unsaturated/α-hetero) is 2. The first-order valence-corrected chi connectivity index (χ1v) is 7.27. The van der Waals surface area contributed by atoms with Gasteiger partial charge in [0.25, 0.3) is 0 Å². The third kappa shape index (κ3) is 2.07. The zero-order valence-corrected chi connectivity index (χ0v) is 13.3. The second-order valence-electron chi connectivity index (χ2n) is 5.79. The zero-order chi connectivity index (χ0) is 20.2. The minimum Gasteiger partial charge on any atom is -0.293 e. The topological polar surface area (TPSA) is 66.7 Å². The van der Waals surface area contributed by atoms with Gasteiger partial charge in [0.1, 0.15) is 29.4 Å². The maximum Gasteiger partial charge on any atom is 0.233 e. The Hall–Kier alpha value is -3.77. The van der Waals surface area contributed by atoms with Crippen LogP contribution in [0.1, 0.15) is 27.6 Å². The quantitative estimate of drug-likeness (QED) is 0.491. The van der Waals surface area contributed by atoms with Gasteiger partial charge in [-0.2, -0.15) is 5.26 Å². The molecule has 1 aromatic carbocycles. The van der Waals surface area contributed by atoms with Crippen LogP contribution in [0.2, 0.25) is 0 Å². The van der Waals surface area contributed by atoms with Gasteiger partial charge in [0.2, 0.25) is 11.4 Å². The maximum atomic E-state index is 14.6. The summed E-state index contributed by atoms with van der Waals surface area (Å²) in [6, 6.07) is 1.38. The first-order chi connectivity index (χ1) is 12.7. The highest BCUT2D eigenvalue weighted by atomic mass is 19.1. The molecule has 1 aromatic rings. The highest BCUT2D eigenvalue weighted by Gasteiger charge is 2.52. The van der Waals surface area contributed by atoms with E-state index in [0.29, 0.717) is 0 Å². The monoisotopic (exact) mass is 371 g/mol. The summed E-state index contributed by atoms with van der Waals surface area (Å²) in [5.41, 5.74) is -5.97. The van der Waals surface area contributed by atoms with Crippen molar-refractivity contribution >= 4 is 22.9 Å². The average Bonchev–Trinajstić information content (AvgIpc) is 2.64. The lowest BCUT2D eigenvalue weighted by molar-refractivity contribution is 0.0739. The Balaban J connectivity index is 2.46. The summed E-state index contributed by atoms with van der Waals surface area (Å²) in [6.45, 7) is 14.8. The van der Waals surface area contributed by atoms with Crippen LogP contribution in [-0.4, -0.2) is 11.6 Å². The van der Waals surface area contributed by atoms with E-state index in [1.54, 1.807) is 0 Å². The summed E-state index contributed by atoms with van der Waals surface area (Å²) in [7, 11) is 0. The van der Waals surface area contributed by atoms with Gasteiger partial charge in [-0.25, -0.2) is 27.3 Å². The molecule has 9 heteroatoms. The third-order valence-electron chi connectivity index (χ3n) is 4.57. The van der Waals surface area contributed by atoms with Crippen molar-refractivity contribution in [1.29, 1.82) is 5.26 Å². The van der Waals surface area contributed by atoms with Crippen molar-refractivity contribution in [3.8, 4) is 6.07 Å². The molecule has 0 aromatic heterocycles. The predicted octanol–water partition coefficient (Wildman–Crippen LogP) is 4.68. The Morgan fingerprint density at radius 2 is 1.30 bits per heavy atom. The Bertz CT molecular complexity index is 1160. The van der Waals surface area contributed by atoms with Crippen LogP contribution in [0, 0.1) is 47.9 Å². The number of carbonyl (C=O) groups is 2. The van der Waals surface area contributed by atoms with Crippen molar-refractivity contribution in [1.82, 2.24) is 0 Å². The van der Waals surface area contributed by atoms with Gasteiger partial charge in [-0.3, -0.25) is 9.59 Å². The minimum atomic E-state index is -2.17. The number of fused-ring (bicyclic) bond motifs is 2. The Kier molecular flexibility index (Phi) is 3.94. The molecule has 0 bridgehead atoms. The van der Waals surface area contributed by atoms with E-state index in [2.05, 4.69) is 9.69 Å². The molecule has 0 aliphatic heterocycles. The first-order valence-electron chi connectivity index (χ1n) is 7.27. The predicted molar refractivity (Wildman–Crippen MR) is 82.1 cm³/mol. The number of hydrogen-bond acceptors (Lipinski definition) is 3. The third-order valence-corrected chi connectivity index (χ3v) is 4.57. The number of nitriles is 1. The molecule has 0 heterocycles. The molecule has 2 aliphatic rings. The standard InChI is InChI=1S/C18H5F4N3O2/c1-5-6(4-23)12(20)8-7(11(5)19)17(26)9-10(18(8)27)14(22)16(25-3)15(24-2)13(9)21/h7-8H,1H3. The zero-order valence-electron chi connectivity index (χ0n) is 13.3. The van der Waals surface area contributed by atoms with E-state index in [-0.39, 0.29) is 0 Å². The SMILES string of the molecule is [C-]#[N+]c1c(F)c2c(c(F)c1[N+]#[C-])C(=O)C1C(F)=C(C#N)C(C)=C(F)C1C2=O. The summed E-state index contributed by atoms with van der Waals surface area (Å²) in [4.78, 5) is 30.6. The molecule has 3 rings (SSSR count). The van der Waals surface area contributed by atoms with Crippen molar-refractivity contribution in [3.63, 3.8) is 0 Å². The van der Waals surface area contributed by atoms with Crippen LogP contribution < -0.4 is 0 Å². The van der Waals surface area contributed by atoms with E-state index >= 15 is 0 Å². The van der Waals surface area contributed by atoms with E-state index in [9.17, 15) is 27.2 Å².